The quantitative estimate of drug-likeness (QED) is 0.563. The third-order valence-electron chi connectivity index (χ3n) is 4.52. The Hall–Kier alpha value is -3.99. The van der Waals surface area contributed by atoms with Crippen LogP contribution in [0.15, 0.2) is 49.2 Å². The fraction of sp³-hybridized carbons (Fsp3) is 0.150. The minimum absolute atomic E-state index is 0.337. The Bertz CT molecular complexity index is 1200. The SMILES string of the molecule is Cc1ccncc1-c1cc2cc(Nc3cnn([C@H](C)C#N)c3)ncc2c(N)n1. The molecule has 0 aliphatic rings. The molecule has 1 atom stereocenters. The predicted molar refractivity (Wildman–Crippen MR) is 108 cm³/mol. The summed E-state index contributed by atoms with van der Waals surface area (Å²) in [5.41, 5.74) is 9.70. The average Bonchev–Trinajstić information content (AvgIpc) is 3.16. The third-order valence-corrected chi connectivity index (χ3v) is 4.52. The molecule has 3 N–H and O–H groups in total. The van der Waals surface area contributed by atoms with Gasteiger partial charge in [0, 0.05) is 35.7 Å². The number of aromatic nitrogens is 5. The fourth-order valence-corrected chi connectivity index (χ4v) is 2.93. The molecule has 138 valence electrons. The first-order valence-electron chi connectivity index (χ1n) is 8.73. The van der Waals surface area contributed by atoms with Crippen molar-refractivity contribution in [1.29, 1.82) is 5.26 Å². The summed E-state index contributed by atoms with van der Waals surface area (Å²) >= 11 is 0. The lowest BCUT2D eigenvalue weighted by atomic mass is 10.1. The number of nitrogen functional groups attached to an aromatic ring is 1. The predicted octanol–water partition coefficient (Wildman–Crippen LogP) is 3.61. The van der Waals surface area contributed by atoms with Gasteiger partial charge in [-0.1, -0.05) is 0 Å². The summed E-state index contributed by atoms with van der Waals surface area (Å²) in [7, 11) is 0. The number of nitrogens with two attached hydrogens (primary N) is 1. The molecule has 0 unspecified atom stereocenters. The molecule has 8 heteroatoms. The lowest BCUT2D eigenvalue weighted by Crippen LogP contribution is -2.02. The van der Waals surface area contributed by atoms with Crippen molar-refractivity contribution in [3.05, 3.63) is 54.7 Å². The number of nitrogens with one attached hydrogen (secondary N) is 1. The molecule has 0 aliphatic carbocycles. The number of rotatable bonds is 4. The highest BCUT2D eigenvalue weighted by Gasteiger charge is 2.10. The van der Waals surface area contributed by atoms with E-state index in [0.717, 1.165) is 33.3 Å². The van der Waals surface area contributed by atoms with Gasteiger partial charge in [-0.05, 0) is 43.0 Å². The van der Waals surface area contributed by atoms with Crippen LogP contribution in [0.5, 0.6) is 0 Å². The number of pyridine rings is 3. The molecule has 0 spiro atoms. The Morgan fingerprint density at radius 3 is 2.89 bits per heavy atom. The van der Waals surface area contributed by atoms with E-state index in [-0.39, 0.29) is 6.04 Å². The van der Waals surface area contributed by atoms with E-state index in [2.05, 4.69) is 31.4 Å². The molecule has 0 radical (unpaired) electrons. The molecule has 4 aromatic rings. The van der Waals surface area contributed by atoms with Gasteiger partial charge < -0.3 is 11.1 Å². The molecule has 8 nitrogen and oxygen atoms in total. The van der Waals surface area contributed by atoms with Crippen molar-refractivity contribution in [2.24, 2.45) is 0 Å². The number of aryl methyl sites for hydroxylation is 1. The van der Waals surface area contributed by atoms with Gasteiger partial charge in [0.1, 0.15) is 17.7 Å². The van der Waals surface area contributed by atoms with Crippen LogP contribution in [0.3, 0.4) is 0 Å². The molecule has 4 aromatic heterocycles. The summed E-state index contributed by atoms with van der Waals surface area (Å²) in [4.78, 5) is 13.1. The Balaban J connectivity index is 1.71. The monoisotopic (exact) mass is 370 g/mol. The molecule has 0 fully saturated rings. The van der Waals surface area contributed by atoms with E-state index in [9.17, 15) is 0 Å². The zero-order valence-corrected chi connectivity index (χ0v) is 15.5. The molecule has 0 saturated heterocycles. The van der Waals surface area contributed by atoms with Crippen molar-refractivity contribution in [3.8, 4) is 17.3 Å². The molecule has 0 aliphatic heterocycles. The lowest BCUT2D eigenvalue weighted by molar-refractivity contribution is 0.591. The van der Waals surface area contributed by atoms with Gasteiger partial charge in [0.15, 0.2) is 0 Å². The van der Waals surface area contributed by atoms with Gasteiger partial charge in [-0.25, -0.2) is 9.97 Å². The number of anilines is 3. The highest BCUT2D eigenvalue weighted by atomic mass is 15.3. The van der Waals surface area contributed by atoms with Crippen LogP contribution in [0.2, 0.25) is 0 Å². The summed E-state index contributed by atoms with van der Waals surface area (Å²) in [5, 5.41) is 18.1. The minimum atomic E-state index is -0.337. The standard InChI is InChI=1S/C20H18N8/c1-12-3-4-23-9-16(12)18-5-14-6-19(24-10-17(14)20(22)27-18)26-15-8-25-28(11-15)13(2)7-21/h3-6,8-11,13H,1-2H3,(H2,22,27)(H,24,26)/t13-/m1/s1. The molecule has 0 saturated carbocycles. The van der Waals surface area contributed by atoms with E-state index in [0.29, 0.717) is 11.6 Å². The van der Waals surface area contributed by atoms with Gasteiger partial charge in [0.2, 0.25) is 0 Å². The minimum Gasteiger partial charge on any atom is -0.383 e. The van der Waals surface area contributed by atoms with Crippen LogP contribution >= 0.6 is 0 Å². The van der Waals surface area contributed by atoms with E-state index in [1.807, 2.05) is 25.1 Å². The summed E-state index contributed by atoms with van der Waals surface area (Å²) < 4.78 is 1.59. The zero-order valence-electron chi connectivity index (χ0n) is 15.5. The molecular weight excluding hydrogens is 352 g/mol. The number of nitriles is 1. The molecule has 0 aromatic carbocycles. The maximum atomic E-state index is 9.01. The number of hydrogen-bond donors (Lipinski definition) is 2. The van der Waals surface area contributed by atoms with Crippen LogP contribution in [-0.2, 0) is 0 Å². The fourth-order valence-electron chi connectivity index (χ4n) is 2.93. The molecule has 0 bridgehead atoms. The van der Waals surface area contributed by atoms with Crippen LogP contribution in [-0.4, -0.2) is 24.7 Å². The van der Waals surface area contributed by atoms with Gasteiger partial charge in [0.05, 0.1) is 23.6 Å². The van der Waals surface area contributed by atoms with Crippen molar-refractivity contribution in [3.63, 3.8) is 0 Å². The maximum Gasteiger partial charge on any atom is 0.135 e. The van der Waals surface area contributed by atoms with E-state index in [1.54, 1.807) is 42.6 Å². The van der Waals surface area contributed by atoms with Crippen molar-refractivity contribution in [1.82, 2.24) is 24.7 Å². The van der Waals surface area contributed by atoms with E-state index in [1.165, 1.54) is 0 Å². The Kier molecular flexibility index (Phi) is 4.33. The Morgan fingerprint density at radius 2 is 2.11 bits per heavy atom. The second kappa shape index (κ2) is 6.96. The van der Waals surface area contributed by atoms with E-state index in [4.69, 9.17) is 11.0 Å². The first-order chi connectivity index (χ1) is 13.5. The van der Waals surface area contributed by atoms with Gasteiger partial charge in [0.25, 0.3) is 0 Å². The number of nitrogens with zero attached hydrogens (tertiary/aromatic N) is 6. The smallest absolute Gasteiger partial charge is 0.135 e. The van der Waals surface area contributed by atoms with Crippen molar-refractivity contribution >= 4 is 28.1 Å². The Morgan fingerprint density at radius 1 is 1.25 bits per heavy atom. The topological polar surface area (TPSA) is 118 Å². The second-order valence-electron chi connectivity index (χ2n) is 6.51. The van der Waals surface area contributed by atoms with Gasteiger partial charge >= 0.3 is 0 Å². The average molecular weight is 370 g/mol. The molecule has 28 heavy (non-hydrogen) atoms. The first-order valence-corrected chi connectivity index (χ1v) is 8.73. The molecule has 0 amide bonds. The van der Waals surface area contributed by atoms with Crippen LogP contribution in [0.25, 0.3) is 22.0 Å². The Labute approximate surface area is 161 Å². The van der Waals surface area contributed by atoms with Gasteiger partial charge in [-0.2, -0.15) is 10.4 Å². The summed E-state index contributed by atoms with van der Waals surface area (Å²) in [6, 6.07) is 7.64. The van der Waals surface area contributed by atoms with Crippen LogP contribution in [0, 0.1) is 18.3 Å². The van der Waals surface area contributed by atoms with Gasteiger partial charge in [-0.3, -0.25) is 9.67 Å². The second-order valence-corrected chi connectivity index (χ2v) is 6.51. The zero-order chi connectivity index (χ0) is 19.7. The van der Waals surface area contributed by atoms with Crippen molar-refractivity contribution in [2.75, 3.05) is 11.1 Å². The van der Waals surface area contributed by atoms with Crippen molar-refractivity contribution < 1.29 is 0 Å². The summed E-state index contributed by atoms with van der Waals surface area (Å²) in [6.07, 6.45) is 8.66. The highest BCUT2D eigenvalue weighted by Crippen LogP contribution is 2.29. The summed E-state index contributed by atoms with van der Waals surface area (Å²) in [5.74, 6) is 1.07. The van der Waals surface area contributed by atoms with Crippen LogP contribution in [0.4, 0.5) is 17.3 Å². The lowest BCUT2D eigenvalue weighted by Gasteiger charge is -2.10. The van der Waals surface area contributed by atoms with Crippen molar-refractivity contribution in [2.45, 2.75) is 19.9 Å². The number of hydrogen-bond acceptors (Lipinski definition) is 7. The normalized spacial score (nSPS) is 11.9. The first kappa shape index (κ1) is 17.4. The molecule has 4 heterocycles. The third kappa shape index (κ3) is 3.21. The van der Waals surface area contributed by atoms with E-state index >= 15 is 0 Å². The van der Waals surface area contributed by atoms with E-state index < -0.39 is 0 Å². The van der Waals surface area contributed by atoms with Crippen LogP contribution in [0.1, 0.15) is 18.5 Å². The molecular formula is C20H18N8. The summed E-state index contributed by atoms with van der Waals surface area (Å²) in [6.45, 7) is 3.79. The largest absolute Gasteiger partial charge is 0.383 e. The maximum absolute atomic E-state index is 9.01. The number of fused-ring (bicyclic) bond motifs is 1. The highest BCUT2D eigenvalue weighted by molar-refractivity contribution is 5.94. The van der Waals surface area contributed by atoms with Crippen LogP contribution < -0.4 is 11.1 Å². The molecule has 4 rings (SSSR count). The van der Waals surface area contributed by atoms with Gasteiger partial charge in [-0.15, -0.1) is 0 Å².